The quantitative estimate of drug-likeness (QED) is 0.311. The summed E-state index contributed by atoms with van der Waals surface area (Å²) in [5, 5.41) is 0. The highest BCUT2D eigenvalue weighted by atomic mass is 16.7. The Morgan fingerprint density at radius 3 is 2.73 bits per heavy atom. The number of carbonyl (C=O) groups excluding carboxylic acids is 1. The summed E-state index contributed by atoms with van der Waals surface area (Å²) in [6.45, 7) is 4.04. The summed E-state index contributed by atoms with van der Waals surface area (Å²) in [6, 6.07) is 0. The molecule has 0 fully saturated rings. The fourth-order valence-corrected chi connectivity index (χ4v) is 0.741. The number of esters is 1. The summed E-state index contributed by atoms with van der Waals surface area (Å²) in [4.78, 5) is 15.8. The van der Waals surface area contributed by atoms with E-state index in [1.54, 1.807) is 14.0 Å². The van der Waals surface area contributed by atoms with Gasteiger partial charge in [0.25, 0.3) is 0 Å². The predicted molar refractivity (Wildman–Crippen MR) is 53.3 cm³/mol. The van der Waals surface area contributed by atoms with E-state index in [-0.39, 0.29) is 12.6 Å². The Bertz CT molecular complexity index is 153. The molecule has 0 aromatic carbocycles. The molecule has 0 aliphatic rings. The van der Waals surface area contributed by atoms with Crippen molar-refractivity contribution >= 4 is 5.97 Å². The first-order valence-electron chi connectivity index (χ1n) is 4.88. The molecule has 6 nitrogen and oxygen atoms in total. The normalized spacial score (nSPS) is 10.3. The van der Waals surface area contributed by atoms with Gasteiger partial charge in [-0.1, -0.05) is 0 Å². The van der Waals surface area contributed by atoms with E-state index in [1.165, 1.54) is 0 Å². The minimum atomic E-state index is -0.349. The number of ether oxygens (including phenoxy) is 3. The minimum absolute atomic E-state index is 0.0202. The average Bonchev–Trinajstić information content (AvgIpc) is 2.22. The van der Waals surface area contributed by atoms with E-state index in [9.17, 15) is 4.79 Å². The molecule has 0 aliphatic heterocycles. The Hall–Kier alpha value is -0.690. The smallest absolute Gasteiger partial charge is 0.332 e. The van der Waals surface area contributed by atoms with Crippen molar-refractivity contribution in [3.8, 4) is 0 Å². The summed E-state index contributed by atoms with van der Waals surface area (Å²) >= 11 is 0. The summed E-state index contributed by atoms with van der Waals surface area (Å²) in [5.74, 6) is -0.349. The van der Waals surface area contributed by atoms with E-state index in [0.29, 0.717) is 33.0 Å². The number of hydrogen-bond donors (Lipinski definition) is 1. The molecule has 0 rings (SSSR count). The zero-order chi connectivity index (χ0) is 11.4. The highest BCUT2D eigenvalue weighted by Gasteiger charge is 1.99. The molecular weight excluding hydrogens is 202 g/mol. The van der Waals surface area contributed by atoms with E-state index in [1.807, 2.05) is 0 Å². The molecule has 1 N–H and O–H groups in total. The van der Waals surface area contributed by atoms with Crippen molar-refractivity contribution in [3.63, 3.8) is 0 Å². The first-order chi connectivity index (χ1) is 7.31. The van der Waals surface area contributed by atoms with Crippen LogP contribution in [-0.4, -0.2) is 52.7 Å². The van der Waals surface area contributed by atoms with Gasteiger partial charge in [-0.15, -0.1) is 0 Å². The lowest BCUT2D eigenvalue weighted by Crippen LogP contribution is -2.23. The molecule has 0 amide bonds. The monoisotopic (exact) mass is 221 g/mol. The van der Waals surface area contributed by atoms with E-state index in [0.717, 1.165) is 0 Å². The summed E-state index contributed by atoms with van der Waals surface area (Å²) in [6.07, 6.45) is 0. The summed E-state index contributed by atoms with van der Waals surface area (Å²) < 4.78 is 14.4. The Kier molecular flexibility index (Phi) is 10.9. The molecule has 0 aromatic rings. The van der Waals surface area contributed by atoms with Crippen molar-refractivity contribution < 1.29 is 23.8 Å². The first kappa shape index (κ1) is 14.3. The summed E-state index contributed by atoms with van der Waals surface area (Å²) in [5.41, 5.74) is 2.67. The van der Waals surface area contributed by atoms with E-state index < -0.39 is 0 Å². The van der Waals surface area contributed by atoms with Crippen LogP contribution in [0.25, 0.3) is 0 Å². The lowest BCUT2D eigenvalue weighted by molar-refractivity contribution is -0.148. The van der Waals surface area contributed by atoms with Crippen LogP contribution in [0.5, 0.6) is 0 Å². The second-order valence-corrected chi connectivity index (χ2v) is 2.59. The number of methoxy groups -OCH3 is 1. The van der Waals surface area contributed by atoms with Gasteiger partial charge in [0.2, 0.25) is 0 Å². The molecule has 6 heteroatoms. The fourth-order valence-electron chi connectivity index (χ4n) is 0.741. The highest BCUT2D eigenvalue weighted by Crippen LogP contribution is 1.80. The van der Waals surface area contributed by atoms with E-state index >= 15 is 0 Å². The molecule has 0 unspecified atom stereocenters. The van der Waals surface area contributed by atoms with Crippen molar-refractivity contribution in [1.82, 2.24) is 5.48 Å². The maximum absolute atomic E-state index is 10.8. The van der Waals surface area contributed by atoms with Crippen LogP contribution >= 0.6 is 0 Å². The zero-order valence-electron chi connectivity index (χ0n) is 9.28. The second-order valence-electron chi connectivity index (χ2n) is 2.59. The molecule has 0 atom stereocenters. The van der Waals surface area contributed by atoms with Gasteiger partial charge in [-0.2, -0.15) is 0 Å². The number of hydrogen-bond acceptors (Lipinski definition) is 6. The topological polar surface area (TPSA) is 66.0 Å². The molecule has 0 aliphatic carbocycles. The van der Waals surface area contributed by atoms with Gasteiger partial charge >= 0.3 is 5.97 Å². The average molecular weight is 221 g/mol. The second kappa shape index (κ2) is 11.4. The summed E-state index contributed by atoms with van der Waals surface area (Å²) in [7, 11) is 1.60. The predicted octanol–water partition coefficient (Wildman–Crippen LogP) is -0.266. The Balaban J connectivity index is 3.01. The van der Waals surface area contributed by atoms with Gasteiger partial charge in [0.05, 0.1) is 26.4 Å². The molecule has 0 saturated heterocycles. The molecule has 0 aromatic heterocycles. The Morgan fingerprint density at radius 1 is 1.27 bits per heavy atom. The zero-order valence-corrected chi connectivity index (χ0v) is 9.28. The molecule has 15 heavy (non-hydrogen) atoms. The van der Waals surface area contributed by atoms with Crippen molar-refractivity contribution in [2.75, 3.05) is 46.7 Å². The van der Waals surface area contributed by atoms with Crippen LogP contribution in [0, 0.1) is 0 Å². The maximum atomic E-state index is 10.8. The largest absolute Gasteiger partial charge is 0.464 e. The fraction of sp³-hybridized carbons (Fsp3) is 0.889. The SMILES string of the molecule is CCOC(=O)COCCNOCCOC. The Labute approximate surface area is 89.8 Å². The highest BCUT2D eigenvalue weighted by molar-refractivity contribution is 5.70. The number of carbonyl (C=O) groups is 1. The van der Waals surface area contributed by atoms with Crippen LogP contribution in [0.1, 0.15) is 6.92 Å². The van der Waals surface area contributed by atoms with Crippen molar-refractivity contribution in [1.29, 1.82) is 0 Å². The lowest BCUT2D eigenvalue weighted by Gasteiger charge is -2.06. The molecule has 90 valence electrons. The molecule has 0 radical (unpaired) electrons. The minimum Gasteiger partial charge on any atom is -0.464 e. The van der Waals surface area contributed by atoms with E-state index in [2.05, 4.69) is 10.2 Å². The third kappa shape index (κ3) is 11.2. The van der Waals surface area contributed by atoms with Gasteiger partial charge in [0.15, 0.2) is 0 Å². The standard InChI is InChI=1S/C9H19NO5/c1-3-14-9(11)8-13-5-4-10-15-7-6-12-2/h10H,3-8H2,1-2H3. The van der Waals surface area contributed by atoms with Crippen LogP contribution in [0.2, 0.25) is 0 Å². The van der Waals surface area contributed by atoms with Crippen molar-refractivity contribution in [3.05, 3.63) is 0 Å². The molecule has 0 saturated carbocycles. The van der Waals surface area contributed by atoms with Crippen molar-refractivity contribution in [2.45, 2.75) is 6.92 Å². The van der Waals surface area contributed by atoms with Crippen LogP contribution in [-0.2, 0) is 23.8 Å². The maximum Gasteiger partial charge on any atom is 0.332 e. The molecular formula is C9H19NO5. The van der Waals surface area contributed by atoms with Gasteiger partial charge < -0.3 is 14.2 Å². The number of rotatable bonds is 10. The molecule has 0 bridgehead atoms. The lowest BCUT2D eigenvalue weighted by atomic mass is 10.7. The number of nitrogens with one attached hydrogen (secondary N) is 1. The van der Waals surface area contributed by atoms with E-state index in [4.69, 9.17) is 14.3 Å². The van der Waals surface area contributed by atoms with Crippen LogP contribution in [0.15, 0.2) is 0 Å². The van der Waals surface area contributed by atoms with Crippen LogP contribution < -0.4 is 5.48 Å². The van der Waals surface area contributed by atoms with Gasteiger partial charge in [-0.25, -0.2) is 10.3 Å². The van der Waals surface area contributed by atoms with Gasteiger partial charge in [0, 0.05) is 13.7 Å². The number of hydroxylamine groups is 1. The van der Waals surface area contributed by atoms with Gasteiger partial charge in [-0.05, 0) is 6.92 Å². The van der Waals surface area contributed by atoms with Crippen LogP contribution in [0.4, 0.5) is 0 Å². The van der Waals surface area contributed by atoms with Crippen LogP contribution in [0.3, 0.4) is 0 Å². The first-order valence-corrected chi connectivity index (χ1v) is 4.88. The Morgan fingerprint density at radius 2 is 2.07 bits per heavy atom. The van der Waals surface area contributed by atoms with Gasteiger partial charge in [-0.3, -0.25) is 4.84 Å². The third-order valence-corrected chi connectivity index (χ3v) is 1.37. The molecule has 0 spiro atoms. The molecule has 0 heterocycles. The third-order valence-electron chi connectivity index (χ3n) is 1.37. The van der Waals surface area contributed by atoms with Crippen molar-refractivity contribution in [2.24, 2.45) is 0 Å². The van der Waals surface area contributed by atoms with Gasteiger partial charge in [0.1, 0.15) is 6.61 Å².